The largest absolute Gasteiger partial charge is 0.494 e. The van der Waals surface area contributed by atoms with Gasteiger partial charge in [0.1, 0.15) is 5.75 Å². The SMILES string of the molecule is CCOC(=O)CCCOc1ccc(N(CN(C)c2cccc3c2CCCC3)C(=O)c2ccccc2)cc1. The first kappa shape index (κ1) is 26.3. The van der Waals surface area contributed by atoms with E-state index in [0.717, 1.165) is 18.5 Å². The fraction of sp³-hybridized carbons (Fsp3) is 0.355. The van der Waals surface area contributed by atoms with E-state index in [4.69, 9.17) is 9.47 Å². The van der Waals surface area contributed by atoms with Crippen molar-refractivity contribution in [2.75, 3.05) is 36.7 Å². The summed E-state index contributed by atoms with van der Waals surface area (Å²) >= 11 is 0. The minimum Gasteiger partial charge on any atom is -0.494 e. The van der Waals surface area contributed by atoms with Crippen LogP contribution in [0.3, 0.4) is 0 Å². The highest BCUT2D eigenvalue weighted by atomic mass is 16.5. The van der Waals surface area contributed by atoms with E-state index in [0.29, 0.717) is 44.0 Å². The zero-order valence-corrected chi connectivity index (χ0v) is 21.8. The van der Waals surface area contributed by atoms with Crippen molar-refractivity contribution in [1.82, 2.24) is 0 Å². The van der Waals surface area contributed by atoms with Gasteiger partial charge in [0.15, 0.2) is 0 Å². The van der Waals surface area contributed by atoms with Crippen LogP contribution in [-0.2, 0) is 22.4 Å². The van der Waals surface area contributed by atoms with Crippen molar-refractivity contribution in [2.45, 2.75) is 45.4 Å². The van der Waals surface area contributed by atoms with E-state index < -0.39 is 0 Å². The molecule has 0 bridgehead atoms. The fourth-order valence-corrected chi connectivity index (χ4v) is 4.77. The van der Waals surface area contributed by atoms with Gasteiger partial charge in [-0.05, 0) is 92.6 Å². The number of benzene rings is 3. The Kier molecular flexibility index (Phi) is 9.19. The number of rotatable bonds is 11. The number of carbonyl (C=O) groups excluding carboxylic acids is 2. The Labute approximate surface area is 219 Å². The molecule has 1 aliphatic rings. The fourth-order valence-electron chi connectivity index (χ4n) is 4.77. The van der Waals surface area contributed by atoms with Crippen molar-refractivity contribution in [3.05, 3.63) is 89.5 Å². The summed E-state index contributed by atoms with van der Waals surface area (Å²) in [5.74, 6) is 0.436. The topological polar surface area (TPSA) is 59.1 Å². The molecule has 0 saturated heterocycles. The molecule has 1 amide bonds. The molecule has 3 aromatic rings. The third-order valence-corrected chi connectivity index (χ3v) is 6.65. The van der Waals surface area contributed by atoms with Gasteiger partial charge in [0, 0.05) is 30.4 Å². The molecule has 0 atom stereocenters. The molecule has 0 aromatic heterocycles. The lowest BCUT2D eigenvalue weighted by Gasteiger charge is -2.32. The Bertz CT molecular complexity index is 1180. The van der Waals surface area contributed by atoms with E-state index in [1.54, 1.807) is 6.92 Å². The molecule has 0 aliphatic heterocycles. The number of anilines is 2. The highest BCUT2D eigenvalue weighted by Crippen LogP contribution is 2.31. The third kappa shape index (κ3) is 6.91. The average molecular weight is 501 g/mol. The Balaban J connectivity index is 1.50. The lowest BCUT2D eigenvalue weighted by atomic mass is 9.90. The molecule has 4 rings (SSSR count). The van der Waals surface area contributed by atoms with Gasteiger partial charge in [0.2, 0.25) is 0 Å². The average Bonchev–Trinajstić information content (AvgIpc) is 2.94. The minimum atomic E-state index is -0.208. The summed E-state index contributed by atoms with van der Waals surface area (Å²) in [6, 6.07) is 23.4. The molecule has 0 N–H and O–H groups in total. The van der Waals surface area contributed by atoms with Gasteiger partial charge in [-0.1, -0.05) is 30.3 Å². The third-order valence-electron chi connectivity index (χ3n) is 6.65. The van der Waals surface area contributed by atoms with Crippen molar-refractivity contribution in [3.8, 4) is 5.75 Å². The van der Waals surface area contributed by atoms with Crippen LogP contribution >= 0.6 is 0 Å². The second-order valence-corrected chi connectivity index (χ2v) is 9.31. The molecule has 1 aliphatic carbocycles. The van der Waals surface area contributed by atoms with Crippen LogP contribution in [0.1, 0.15) is 54.1 Å². The van der Waals surface area contributed by atoms with Gasteiger partial charge in [-0.15, -0.1) is 0 Å². The number of aryl methyl sites for hydroxylation is 1. The maximum Gasteiger partial charge on any atom is 0.305 e. The number of nitrogens with zero attached hydrogens (tertiary/aromatic N) is 2. The summed E-state index contributed by atoms with van der Waals surface area (Å²) < 4.78 is 10.8. The number of carbonyl (C=O) groups is 2. The van der Waals surface area contributed by atoms with Crippen LogP contribution in [0.4, 0.5) is 11.4 Å². The van der Waals surface area contributed by atoms with Crippen molar-refractivity contribution in [1.29, 1.82) is 0 Å². The second-order valence-electron chi connectivity index (χ2n) is 9.31. The lowest BCUT2D eigenvalue weighted by molar-refractivity contribution is -0.143. The predicted molar refractivity (Wildman–Crippen MR) is 147 cm³/mol. The monoisotopic (exact) mass is 500 g/mol. The van der Waals surface area contributed by atoms with Crippen molar-refractivity contribution >= 4 is 23.3 Å². The zero-order chi connectivity index (χ0) is 26.0. The summed E-state index contributed by atoms with van der Waals surface area (Å²) in [6.07, 6.45) is 5.55. The molecule has 0 unspecified atom stereocenters. The summed E-state index contributed by atoms with van der Waals surface area (Å²) in [4.78, 5) is 29.1. The molecule has 37 heavy (non-hydrogen) atoms. The van der Waals surface area contributed by atoms with Crippen LogP contribution in [0.25, 0.3) is 0 Å². The Morgan fingerprint density at radius 2 is 1.65 bits per heavy atom. The highest BCUT2D eigenvalue weighted by molar-refractivity contribution is 6.06. The van der Waals surface area contributed by atoms with Crippen LogP contribution in [0.2, 0.25) is 0 Å². The van der Waals surface area contributed by atoms with Gasteiger partial charge in [-0.3, -0.25) is 14.5 Å². The molecule has 0 radical (unpaired) electrons. The van der Waals surface area contributed by atoms with E-state index >= 15 is 0 Å². The van der Waals surface area contributed by atoms with Crippen LogP contribution in [0, 0.1) is 0 Å². The molecule has 194 valence electrons. The smallest absolute Gasteiger partial charge is 0.305 e. The zero-order valence-electron chi connectivity index (χ0n) is 21.8. The molecule has 0 fully saturated rings. The first-order valence-corrected chi connectivity index (χ1v) is 13.1. The number of fused-ring (bicyclic) bond motifs is 1. The molecule has 3 aromatic carbocycles. The van der Waals surface area contributed by atoms with Crippen LogP contribution in [0.15, 0.2) is 72.8 Å². The summed E-state index contributed by atoms with van der Waals surface area (Å²) in [7, 11) is 2.05. The van der Waals surface area contributed by atoms with Crippen LogP contribution in [0.5, 0.6) is 5.75 Å². The predicted octanol–water partition coefficient (Wildman–Crippen LogP) is 6.03. The molecule has 0 saturated carbocycles. The second kappa shape index (κ2) is 12.9. The molecular formula is C31H36N2O4. The quantitative estimate of drug-likeness (QED) is 0.183. The van der Waals surface area contributed by atoms with Gasteiger partial charge in [-0.2, -0.15) is 0 Å². The molecule has 0 spiro atoms. The Hall–Kier alpha value is -3.80. The van der Waals surface area contributed by atoms with Crippen molar-refractivity contribution < 1.29 is 19.1 Å². The molecule has 6 heteroatoms. The molecular weight excluding hydrogens is 464 g/mol. The first-order chi connectivity index (χ1) is 18.1. The number of hydrogen-bond acceptors (Lipinski definition) is 5. The Morgan fingerprint density at radius 1 is 0.892 bits per heavy atom. The lowest BCUT2D eigenvalue weighted by Crippen LogP contribution is -2.40. The van der Waals surface area contributed by atoms with Crippen LogP contribution < -0.4 is 14.5 Å². The molecule has 6 nitrogen and oxygen atoms in total. The van der Waals surface area contributed by atoms with Crippen molar-refractivity contribution in [2.24, 2.45) is 0 Å². The van der Waals surface area contributed by atoms with Crippen LogP contribution in [-0.4, -0.2) is 38.8 Å². The van der Waals surface area contributed by atoms with E-state index in [2.05, 4.69) is 30.1 Å². The van der Waals surface area contributed by atoms with Gasteiger partial charge in [0.25, 0.3) is 5.91 Å². The number of ether oxygens (including phenoxy) is 2. The minimum absolute atomic E-state index is 0.0552. The number of hydrogen-bond donors (Lipinski definition) is 0. The number of amides is 1. The maximum absolute atomic E-state index is 13.6. The van der Waals surface area contributed by atoms with E-state index in [-0.39, 0.29) is 11.9 Å². The van der Waals surface area contributed by atoms with Gasteiger partial charge >= 0.3 is 5.97 Å². The van der Waals surface area contributed by atoms with E-state index in [9.17, 15) is 9.59 Å². The maximum atomic E-state index is 13.6. The van der Waals surface area contributed by atoms with Gasteiger partial charge in [-0.25, -0.2) is 0 Å². The first-order valence-electron chi connectivity index (χ1n) is 13.1. The normalized spacial score (nSPS) is 12.4. The summed E-state index contributed by atoms with van der Waals surface area (Å²) in [6.45, 7) is 3.03. The van der Waals surface area contributed by atoms with Gasteiger partial charge in [0.05, 0.1) is 19.9 Å². The standard InChI is InChI=1S/C31H36N2O4/c1-3-36-30(34)17-10-22-37-27-20-18-26(19-21-27)33(31(35)25-12-5-4-6-13-25)23-32(2)29-16-9-14-24-11-7-8-15-28(24)29/h4-6,9,12-14,16,18-21H,3,7-8,10-11,15,17,22-23H2,1-2H3. The summed E-state index contributed by atoms with van der Waals surface area (Å²) in [5, 5.41) is 0. The molecule has 0 heterocycles. The Morgan fingerprint density at radius 3 is 2.41 bits per heavy atom. The van der Waals surface area contributed by atoms with Gasteiger partial charge < -0.3 is 14.4 Å². The van der Waals surface area contributed by atoms with E-state index in [1.165, 1.54) is 29.7 Å². The number of esters is 1. The van der Waals surface area contributed by atoms with Crippen molar-refractivity contribution in [3.63, 3.8) is 0 Å². The summed E-state index contributed by atoms with van der Waals surface area (Å²) in [5.41, 5.74) is 5.44. The highest BCUT2D eigenvalue weighted by Gasteiger charge is 2.22. The van der Waals surface area contributed by atoms with E-state index in [1.807, 2.05) is 59.5 Å².